The molecule has 0 bridgehead atoms. The van der Waals surface area contributed by atoms with Crippen LogP contribution >= 0.6 is 22.6 Å². The van der Waals surface area contributed by atoms with Crippen LogP contribution in [0, 0.1) is 9.39 Å². The minimum Gasteiger partial charge on any atom is -0.369 e. The van der Waals surface area contributed by atoms with Gasteiger partial charge in [-0.05, 0) is 41.6 Å². The van der Waals surface area contributed by atoms with E-state index in [9.17, 15) is 4.39 Å². The molecule has 0 fully saturated rings. The number of nitrogens with zero attached hydrogens (tertiary/aromatic N) is 2. The maximum absolute atomic E-state index is 13.4. The second-order valence-electron chi connectivity index (χ2n) is 5.85. The van der Waals surface area contributed by atoms with Crippen molar-refractivity contribution in [2.45, 2.75) is 33.1 Å². The lowest BCUT2D eigenvalue weighted by Crippen LogP contribution is -2.19. The molecule has 0 saturated heterocycles. The zero-order valence-electron chi connectivity index (χ0n) is 12.7. The fraction of sp³-hybridized carbons (Fsp3) is 0.375. The largest absolute Gasteiger partial charge is 0.369 e. The maximum Gasteiger partial charge on any atom is 0.161 e. The molecule has 0 aliphatic carbocycles. The van der Waals surface area contributed by atoms with E-state index in [1.807, 2.05) is 13.0 Å². The summed E-state index contributed by atoms with van der Waals surface area (Å²) in [6.45, 7) is 9.14. The molecule has 1 heterocycles. The number of hydrogen-bond donors (Lipinski definition) is 1. The van der Waals surface area contributed by atoms with Gasteiger partial charge in [0.15, 0.2) is 5.82 Å². The van der Waals surface area contributed by atoms with Crippen LogP contribution < -0.4 is 5.32 Å². The van der Waals surface area contributed by atoms with Crippen molar-refractivity contribution < 1.29 is 4.39 Å². The number of nitrogens with one attached hydrogen (secondary N) is 1. The minimum atomic E-state index is -0.281. The quantitative estimate of drug-likeness (QED) is 0.766. The lowest BCUT2D eigenvalue weighted by atomic mass is 9.91. The monoisotopic (exact) mass is 399 g/mol. The van der Waals surface area contributed by atoms with Crippen LogP contribution in [0.2, 0.25) is 0 Å². The van der Waals surface area contributed by atoms with Crippen molar-refractivity contribution in [3.8, 4) is 11.4 Å². The smallest absolute Gasteiger partial charge is 0.161 e. The lowest BCUT2D eigenvalue weighted by Gasteiger charge is -2.22. The van der Waals surface area contributed by atoms with Crippen molar-refractivity contribution in [2.24, 2.45) is 0 Å². The molecule has 1 N–H and O–H groups in total. The zero-order valence-corrected chi connectivity index (χ0v) is 14.8. The van der Waals surface area contributed by atoms with Gasteiger partial charge in [0, 0.05) is 17.5 Å². The first kappa shape index (κ1) is 16.1. The number of hydrogen-bond acceptors (Lipinski definition) is 3. The Balaban J connectivity index is 2.64. The Morgan fingerprint density at radius 3 is 2.52 bits per heavy atom. The third-order valence-corrected chi connectivity index (χ3v) is 4.01. The van der Waals surface area contributed by atoms with E-state index in [1.54, 1.807) is 6.07 Å². The van der Waals surface area contributed by atoms with Gasteiger partial charge in [-0.1, -0.05) is 32.9 Å². The standard InChI is InChI=1S/C16H19FIN3/c1-5-19-15-12(18)13(16(2,3)4)20-14(21-15)10-7-6-8-11(17)9-10/h6-9H,5H2,1-4H3,(H,19,20,21). The van der Waals surface area contributed by atoms with Gasteiger partial charge in [0.25, 0.3) is 0 Å². The molecule has 0 aliphatic heterocycles. The Kier molecular flexibility index (Phi) is 4.81. The van der Waals surface area contributed by atoms with E-state index in [0.29, 0.717) is 11.4 Å². The molecule has 0 radical (unpaired) electrons. The van der Waals surface area contributed by atoms with Gasteiger partial charge in [0.2, 0.25) is 0 Å². The number of rotatable bonds is 3. The van der Waals surface area contributed by atoms with E-state index in [0.717, 1.165) is 21.6 Å². The molecule has 0 unspecified atom stereocenters. The van der Waals surface area contributed by atoms with Gasteiger partial charge >= 0.3 is 0 Å². The van der Waals surface area contributed by atoms with Crippen LogP contribution in [0.15, 0.2) is 24.3 Å². The number of benzene rings is 1. The molecule has 1 aromatic heterocycles. The molecule has 0 saturated carbocycles. The van der Waals surface area contributed by atoms with Gasteiger partial charge < -0.3 is 5.32 Å². The summed E-state index contributed by atoms with van der Waals surface area (Å²) in [5.41, 5.74) is 1.55. The Morgan fingerprint density at radius 1 is 1.24 bits per heavy atom. The van der Waals surface area contributed by atoms with E-state index in [1.165, 1.54) is 12.1 Å². The first-order valence-corrected chi connectivity index (χ1v) is 7.98. The highest BCUT2D eigenvalue weighted by Gasteiger charge is 2.23. The Labute approximate surface area is 138 Å². The number of aromatic nitrogens is 2. The van der Waals surface area contributed by atoms with Crippen molar-refractivity contribution in [1.82, 2.24) is 9.97 Å². The lowest BCUT2D eigenvalue weighted by molar-refractivity contribution is 0.564. The van der Waals surface area contributed by atoms with Crippen molar-refractivity contribution in [2.75, 3.05) is 11.9 Å². The summed E-state index contributed by atoms with van der Waals surface area (Å²) in [6.07, 6.45) is 0. The highest BCUT2D eigenvalue weighted by molar-refractivity contribution is 14.1. The molecule has 0 aliphatic rings. The minimum absolute atomic E-state index is 0.105. The average Bonchev–Trinajstić information content (AvgIpc) is 2.40. The van der Waals surface area contributed by atoms with Crippen LogP contribution in [0.1, 0.15) is 33.4 Å². The first-order valence-electron chi connectivity index (χ1n) is 6.90. The fourth-order valence-corrected chi connectivity index (χ4v) is 3.23. The molecule has 1 aromatic carbocycles. The SMILES string of the molecule is CCNc1nc(-c2cccc(F)c2)nc(C(C)(C)C)c1I. The van der Waals surface area contributed by atoms with Crippen molar-refractivity contribution in [3.05, 3.63) is 39.3 Å². The zero-order chi connectivity index (χ0) is 15.6. The molecule has 112 valence electrons. The van der Waals surface area contributed by atoms with Crippen LogP contribution in [-0.4, -0.2) is 16.5 Å². The Hall–Kier alpha value is -1.24. The van der Waals surface area contributed by atoms with Gasteiger partial charge in [-0.15, -0.1) is 0 Å². The van der Waals surface area contributed by atoms with E-state index >= 15 is 0 Å². The topological polar surface area (TPSA) is 37.8 Å². The Bertz CT molecular complexity index is 650. The molecular weight excluding hydrogens is 380 g/mol. The van der Waals surface area contributed by atoms with Gasteiger partial charge in [-0.3, -0.25) is 0 Å². The summed E-state index contributed by atoms with van der Waals surface area (Å²) < 4.78 is 14.5. The van der Waals surface area contributed by atoms with Crippen LogP contribution in [0.4, 0.5) is 10.2 Å². The van der Waals surface area contributed by atoms with E-state index in [-0.39, 0.29) is 11.2 Å². The third kappa shape index (κ3) is 3.70. The normalized spacial score (nSPS) is 11.5. The second kappa shape index (κ2) is 6.25. The van der Waals surface area contributed by atoms with Crippen LogP contribution in [0.5, 0.6) is 0 Å². The molecule has 0 amide bonds. The van der Waals surface area contributed by atoms with Crippen molar-refractivity contribution in [1.29, 1.82) is 0 Å². The molecule has 2 aromatic rings. The van der Waals surface area contributed by atoms with Gasteiger partial charge in [-0.2, -0.15) is 0 Å². The summed E-state index contributed by atoms with van der Waals surface area (Å²) in [5, 5.41) is 3.26. The molecule has 2 rings (SSSR count). The van der Waals surface area contributed by atoms with E-state index in [4.69, 9.17) is 0 Å². The average molecular weight is 399 g/mol. The highest BCUT2D eigenvalue weighted by atomic mass is 127. The highest BCUT2D eigenvalue weighted by Crippen LogP contribution is 2.31. The molecular formula is C16H19FIN3. The number of halogens is 2. The molecule has 21 heavy (non-hydrogen) atoms. The number of anilines is 1. The van der Waals surface area contributed by atoms with Gasteiger partial charge in [0.1, 0.15) is 11.6 Å². The summed E-state index contributed by atoms with van der Waals surface area (Å²) in [5.74, 6) is 1.07. The predicted octanol–water partition coefficient (Wildman–Crippen LogP) is 4.62. The molecule has 0 spiro atoms. The first-order chi connectivity index (χ1) is 9.82. The summed E-state index contributed by atoms with van der Waals surface area (Å²) in [4.78, 5) is 9.22. The fourth-order valence-electron chi connectivity index (χ4n) is 1.99. The van der Waals surface area contributed by atoms with E-state index in [2.05, 4.69) is 58.6 Å². The maximum atomic E-state index is 13.4. The van der Waals surface area contributed by atoms with Crippen LogP contribution in [-0.2, 0) is 5.41 Å². The second-order valence-corrected chi connectivity index (χ2v) is 6.93. The van der Waals surface area contributed by atoms with Crippen molar-refractivity contribution in [3.63, 3.8) is 0 Å². The third-order valence-electron chi connectivity index (χ3n) is 2.99. The molecule has 3 nitrogen and oxygen atoms in total. The van der Waals surface area contributed by atoms with Gasteiger partial charge in [-0.25, -0.2) is 14.4 Å². The van der Waals surface area contributed by atoms with Crippen LogP contribution in [0.25, 0.3) is 11.4 Å². The summed E-state index contributed by atoms with van der Waals surface area (Å²) in [6, 6.07) is 6.39. The Morgan fingerprint density at radius 2 is 1.95 bits per heavy atom. The summed E-state index contributed by atoms with van der Waals surface area (Å²) >= 11 is 2.27. The van der Waals surface area contributed by atoms with E-state index < -0.39 is 0 Å². The summed E-state index contributed by atoms with van der Waals surface area (Å²) in [7, 11) is 0. The predicted molar refractivity (Wildman–Crippen MR) is 93.0 cm³/mol. The molecule has 0 atom stereocenters. The van der Waals surface area contributed by atoms with Crippen molar-refractivity contribution >= 4 is 28.4 Å². The van der Waals surface area contributed by atoms with Gasteiger partial charge in [0.05, 0.1) is 9.26 Å². The molecule has 5 heteroatoms. The van der Waals surface area contributed by atoms with Crippen LogP contribution in [0.3, 0.4) is 0 Å².